The van der Waals surface area contributed by atoms with Crippen molar-refractivity contribution in [1.29, 1.82) is 0 Å². The van der Waals surface area contributed by atoms with Gasteiger partial charge in [-0.15, -0.1) is 0 Å². The van der Waals surface area contributed by atoms with E-state index in [-0.39, 0.29) is 6.10 Å². The normalized spacial score (nSPS) is 29.3. The number of piperidine rings is 1. The van der Waals surface area contributed by atoms with E-state index in [1.807, 2.05) is 19.1 Å². The monoisotopic (exact) mass is 260 g/mol. The lowest BCUT2D eigenvalue weighted by Gasteiger charge is -2.38. The molecule has 2 unspecified atom stereocenters. The van der Waals surface area contributed by atoms with Gasteiger partial charge in [0.1, 0.15) is 11.9 Å². The third-order valence-corrected chi connectivity index (χ3v) is 4.23. The lowest BCUT2D eigenvalue weighted by Crippen LogP contribution is -2.49. The van der Waals surface area contributed by atoms with E-state index >= 15 is 0 Å². The van der Waals surface area contributed by atoms with Crippen LogP contribution in [-0.2, 0) is 4.79 Å². The summed E-state index contributed by atoms with van der Waals surface area (Å²) in [4.78, 5) is 18.1. The number of ether oxygens (including phenoxy) is 1. The standard InChI is InChI=1S/C15H20N2O2/c1-2-15(18)17-11-3-4-12(17)10-14(9-11)19-13-5-7-16-8-6-13/h5-8,11-12,14H,2-4,9-10H2,1H3. The van der Waals surface area contributed by atoms with Crippen molar-refractivity contribution in [3.8, 4) is 5.75 Å². The molecule has 1 amide bonds. The predicted octanol–water partition coefficient (Wildman–Crippen LogP) is 2.39. The molecule has 3 rings (SSSR count). The maximum Gasteiger partial charge on any atom is 0.222 e. The third-order valence-electron chi connectivity index (χ3n) is 4.23. The number of aromatic nitrogens is 1. The van der Waals surface area contributed by atoms with Gasteiger partial charge in [0.2, 0.25) is 5.91 Å². The summed E-state index contributed by atoms with van der Waals surface area (Å²) in [5.74, 6) is 1.18. The first-order chi connectivity index (χ1) is 9.28. The van der Waals surface area contributed by atoms with E-state index in [0.717, 1.165) is 31.4 Å². The van der Waals surface area contributed by atoms with Crippen molar-refractivity contribution in [3.63, 3.8) is 0 Å². The maximum atomic E-state index is 12.0. The van der Waals surface area contributed by atoms with Crippen LogP contribution in [0.1, 0.15) is 39.0 Å². The number of hydrogen-bond acceptors (Lipinski definition) is 3. The molecule has 2 bridgehead atoms. The molecule has 102 valence electrons. The number of carbonyl (C=O) groups is 1. The van der Waals surface area contributed by atoms with Crippen LogP contribution in [0.2, 0.25) is 0 Å². The second-order valence-electron chi connectivity index (χ2n) is 5.43. The molecule has 4 heteroatoms. The van der Waals surface area contributed by atoms with Gasteiger partial charge in [0.15, 0.2) is 0 Å². The van der Waals surface area contributed by atoms with Crippen molar-refractivity contribution < 1.29 is 9.53 Å². The van der Waals surface area contributed by atoms with Crippen LogP contribution in [-0.4, -0.2) is 34.0 Å². The van der Waals surface area contributed by atoms with E-state index < -0.39 is 0 Å². The Morgan fingerprint density at radius 2 is 1.95 bits per heavy atom. The van der Waals surface area contributed by atoms with Crippen molar-refractivity contribution in [2.24, 2.45) is 0 Å². The van der Waals surface area contributed by atoms with Gasteiger partial charge in [-0.05, 0) is 25.0 Å². The third kappa shape index (κ3) is 2.44. The quantitative estimate of drug-likeness (QED) is 0.838. The van der Waals surface area contributed by atoms with Crippen LogP contribution in [0.15, 0.2) is 24.5 Å². The number of nitrogens with zero attached hydrogens (tertiary/aromatic N) is 2. The van der Waals surface area contributed by atoms with Crippen molar-refractivity contribution >= 4 is 5.91 Å². The Hall–Kier alpha value is -1.58. The molecule has 2 aliphatic rings. The molecule has 0 saturated carbocycles. The summed E-state index contributed by atoms with van der Waals surface area (Å²) in [5, 5.41) is 0. The van der Waals surface area contributed by atoms with Gasteiger partial charge in [0.05, 0.1) is 0 Å². The number of pyridine rings is 1. The summed E-state index contributed by atoms with van der Waals surface area (Å²) < 4.78 is 6.02. The molecule has 4 nitrogen and oxygen atoms in total. The van der Waals surface area contributed by atoms with Crippen molar-refractivity contribution in [2.45, 2.75) is 57.2 Å². The predicted molar refractivity (Wildman–Crippen MR) is 71.8 cm³/mol. The molecule has 2 fully saturated rings. The van der Waals surface area contributed by atoms with Gasteiger partial charge >= 0.3 is 0 Å². The van der Waals surface area contributed by atoms with Gasteiger partial charge in [-0.3, -0.25) is 9.78 Å². The molecule has 0 N–H and O–H groups in total. The Labute approximate surface area is 113 Å². The fourth-order valence-electron chi connectivity index (χ4n) is 3.42. The molecule has 19 heavy (non-hydrogen) atoms. The highest BCUT2D eigenvalue weighted by Gasteiger charge is 2.43. The van der Waals surface area contributed by atoms with Crippen LogP contribution in [0.25, 0.3) is 0 Å². The molecule has 0 aromatic carbocycles. The zero-order valence-electron chi connectivity index (χ0n) is 11.3. The van der Waals surface area contributed by atoms with Crippen molar-refractivity contribution in [1.82, 2.24) is 9.88 Å². The van der Waals surface area contributed by atoms with Crippen LogP contribution >= 0.6 is 0 Å². The first kappa shape index (κ1) is 12.5. The Kier molecular flexibility index (Phi) is 3.40. The van der Waals surface area contributed by atoms with E-state index in [4.69, 9.17) is 4.74 Å². The van der Waals surface area contributed by atoms with E-state index in [1.165, 1.54) is 0 Å². The van der Waals surface area contributed by atoms with Gasteiger partial charge in [-0.25, -0.2) is 0 Å². The minimum atomic E-state index is 0.237. The molecule has 0 aliphatic carbocycles. The molecule has 1 aromatic rings. The first-order valence-electron chi connectivity index (χ1n) is 7.15. The summed E-state index contributed by atoms with van der Waals surface area (Å²) in [6.07, 6.45) is 8.54. The minimum absolute atomic E-state index is 0.237. The fraction of sp³-hybridized carbons (Fsp3) is 0.600. The van der Waals surface area contributed by atoms with Gasteiger partial charge in [0.25, 0.3) is 0 Å². The second-order valence-corrected chi connectivity index (χ2v) is 5.43. The number of hydrogen-bond donors (Lipinski definition) is 0. The van der Waals surface area contributed by atoms with E-state index in [0.29, 0.717) is 24.4 Å². The van der Waals surface area contributed by atoms with Crippen LogP contribution in [0, 0.1) is 0 Å². The summed E-state index contributed by atoms with van der Waals surface area (Å²) in [7, 11) is 0. The fourth-order valence-corrected chi connectivity index (χ4v) is 3.42. The molecule has 2 aliphatic heterocycles. The lowest BCUT2D eigenvalue weighted by atomic mass is 9.99. The van der Waals surface area contributed by atoms with Gasteiger partial charge in [0, 0.05) is 43.7 Å². The molecule has 1 aromatic heterocycles. The van der Waals surface area contributed by atoms with Crippen molar-refractivity contribution in [3.05, 3.63) is 24.5 Å². The molecule has 0 radical (unpaired) electrons. The SMILES string of the molecule is CCC(=O)N1C2CCC1CC(Oc1ccncc1)C2. The smallest absolute Gasteiger partial charge is 0.222 e. The van der Waals surface area contributed by atoms with Crippen LogP contribution < -0.4 is 4.74 Å². The average molecular weight is 260 g/mol. The highest BCUT2D eigenvalue weighted by molar-refractivity contribution is 5.77. The molecule has 2 atom stereocenters. The highest BCUT2D eigenvalue weighted by atomic mass is 16.5. The maximum absolute atomic E-state index is 12.0. The number of rotatable bonds is 3. The Bertz CT molecular complexity index is 435. The van der Waals surface area contributed by atoms with Gasteiger partial charge in [-0.1, -0.05) is 6.92 Å². The van der Waals surface area contributed by atoms with Crippen LogP contribution in [0.3, 0.4) is 0 Å². The van der Waals surface area contributed by atoms with Gasteiger partial charge < -0.3 is 9.64 Å². The van der Waals surface area contributed by atoms with E-state index in [9.17, 15) is 4.79 Å². The lowest BCUT2D eigenvalue weighted by molar-refractivity contribution is -0.136. The summed E-state index contributed by atoms with van der Waals surface area (Å²) in [5.41, 5.74) is 0. The minimum Gasteiger partial charge on any atom is -0.490 e. The Morgan fingerprint density at radius 3 is 2.53 bits per heavy atom. The summed E-state index contributed by atoms with van der Waals surface area (Å²) >= 11 is 0. The summed E-state index contributed by atoms with van der Waals surface area (Å²) in [6, 6.07) is 4.56. The zero-order chi connectivity index (χ0) is 13.2. The van der Waals surface area contributed by atoms with Crippen LogP contribution in [0.4, 0.5) is 0 Å². The second kappa shape index (κ2) is 5.19. The highest BCUT2D eigenvalue weighted by Crippen LogP contribution is 2.37. The van der Waals surface area contributed by atoms with E-state index in [1.54, 1.807) is 12.4 Å². The molecular weight excluding hydrogens is 240 g/mol. The first-order valence-corrected chi connectivity index (χ1v) is 7.15. The van der Waals surface area contributed by atoms with Gasteiger partial charge in [-0.2, -0.15) is 0 Å². The Morgan fingerprint density at radius 1 is 1.32 bits per heavy atom. The van der Waals surface area contributed by atoms with Crippen LogP contribution in [0.5, 0.6) is 5.75 Å². The average Bonchev–Trinajstić information content (AvgIpc) is 2.71. The molecule has 2 saturated heterocycles. The topological polar surface area (TPSA) is 42.4 Å². The molecule has 3 heterocycles. The largest absolute Gasteiger partial charge is 0.490 e. The number of amides is 1. The number of carbonyl (C=O) groups excluding carboxylic acids is 1. The van der Waals surface area contributed by atoms with E-state index in [2.05, 4.69) is 9.88 Å². The van der Waals surface area contributed by atoms with Crippen molar-refractivity contribution in [2.75, 3.05) is 0 Å². The molecule has 0 spiro atoms. The summed E-state index contributed by atoms with van der Waals surface area (Å²) in [6.45, 7) is 1.95. The zero-order valence-corrected chi connectivity index (χ0v) is 11.3. The molecular formula is C15H20N2O2. The number of fused-ring (bicyclic) bond motifs is 2. The Balaban J connectivity index is 1.66.